The van der Waals surface area contributed by atoms with Gasteiger partial charge in [-0.2, -0.15) is 5.10 Å². The average molecular weight is 235 g/mol. The molecule has 3 rings (SSSR count). The second kappa shape index (κ2) is 3.84. The monoisotopic (exact) mass is 235 g/mol. The molecular formula is C12H17N3O2. The molecule has 1 amide bonds. The van der Waals surface area contributed by atoms with E-state index in [1.807, 2.05) is 16.9 Å². The number of amides is 1. The van der Waals surface area contributed by atoms with Crippen LogP contribution in [0.15, 0.2) is 12.3 Å². The van der Waals surface area contributed by atoms with E-state index in [-0.39, 0.29) is 12.1 Å². The number of hydrogen-bond donors (Lipinski definition) is 1. The van der Waals surface area contributed by atoms with Gasteiger partial charge in [-0.1, -0.05) is 0 Å². The van der Waals surface area contributed by atoms with E-state index >= 15 is 0 Å². The van der Waals surface area contributed by atoms with E-state index in [1.54, 1.807) is 0 Å². The molecule has 1 aromatic heterocycles. The van der Waals surface area contributed by atoms with Crippen LogP contribution in [0.4, 0.5) is 0 Å². The second-order valence-electron chi connectivity index (χ2n) is 4.95. The summed E-state index contributed by atoms with van der Waals surface area (Å²) in [5.74, 6) is -0.257. The molecule has 2 heterocycles. The molecule has 0 bridgehead atoms. The molecule has 1 aliphatic heterocycles. The standard InChI is InChI=1S/C12H17N3O2/c13-11(16)12(5-6-12)9-4-7-15(14-9)10-3-1-2-8-17-10/h4,7,10H,1-3,5-6,8H2,(H2,13,16). The summed E-state index contributed by atoms with van der Waals surface area (Å²) in [6, 6.07) is 1.90. The van der Waals surface area contributed by atoms with Crippen molar-refractivity contribution < 1.29 is 9.53 Å². The third-order valence-corrected chi connectivity index (χ3v) is 3.77. The van der Waals surface area contributed by atoms with E-state index in [1.165, 1.54) is 6.42 Å². The number of hydrogen-bond acceptors (Lipinski definition) is 3. The largest absolute Gasteiger partial charge is 0.369 e. The predicted octanol–water partition coefficient (Wildman–Crippen LogP) is 1.10. The molecule has 0 spiro atoms. The van der Waals surface area contributed by atoms with E-state index in [0.29, 0.717) is 0 Å². The minimum absolute atomic E-state index is 0.0289. The van der Waals surface area contributed by atoms with E-state index in [9.17, 15) is 4.79 Å². The van der Waals surface area contributed by atoms with E-state index in [0.717, 1.165) is 38.0 Å². The van der Waals surface area contributed by atoms with Crippen molar-refractivity contribution in [2.45, 2.75) is 43.7 Å². The Bertz CT molecular complexity index is 431. The maximum Gasteiger partial charge on any atom is 0.229 e. The fourth-order valence-electron chi connectivity index (χ4n) is 2.44. The first-order chi connectivity index (χ1) is 8.22. The van der Waals surface area contributed by atoms with Crippen molar-refractivity contribution in [1.29, 1.82) is 0 Å². The van der Waals surface area contributed by atoms with Crippen molar-refractivity contribution in [2.24, 2.45) is 5.73 Å². The Morgan fingerprint density at radius 1 is 1.53 bits per heavy atom. The Kier molecular flexibility index (Phi) is 2.43. The lowest BCUT2D eigenvalue weighted by Gasteiger charge is -2.22. The highest BCUT2D eigenvalue weighted by Gasteiger charge is 2.52. The highest BCUT2D eigenvalue weighted by Crippen LogP contribution is 2.47. The fraction of sp³-hybridized carbons (Fsp3) is 0.667. The summed E-state index contributed by atoms with van der Waals surface area (Å²) in [5, 5.41) is 4.48. The van der Waals surface area contributed by atoms with Crippen molar-refractivity contribution >= 4 is 5.91 Å². The zero-order valence-corrected chi connectivity index (χ0v) is 9.76. The Morgan fingerprint density at radius 2 is 2.35 bits per heavy atom. The van der Waals surface area contributed by atoms with Gasteiger partial charge >= 0.3 is 0 Å². The predicted molar refractivity (Wildman–Crippen MR) is 61.2 cm³/mol. The number of nitrogens with two attached hydrogens (primary N) is 1. The van der Waals surface area contributed by atoms with E-state index < -0.39 is 5.41 Å². The van der Waals surface area contributed by atoms with Gasteiger partial charge in [0.25, 0.3) is 0 Å². The summed E-state index contributed by atoms with van der Waals surface area (Å²) in [7, 11) is 0. The fourth-order valence-corrected chi connectivity index (χ4v) is 2.44. The molecular weight excluding hydrogens is 218 g/mol. The molecule has 1 aliphatic carbocycles. The molecule has 92 valence electrons. The summed E-state index contributed by atoms with van der Waals surface area (Å²) in [6.45, 7) is 0.792. The van der Waals surface area contributed by atoms with Gasteiger partial charge in [0.2, 0.25) is 5.91 Å². The lowest BCUT2D eigenvalue weighted by Crippen LogP contribution is -2.29. The summed E-state index contributed by atoms with van der Waals surface area (Å²) >= 11 is 0. The lowest BCUT2D eigenvalue weighted by molar-refractivity contribution is -0.120. The minimum Gasteiger partial charge on any atom is -0.369 e. The quantitative estimate of drug-likeness (QED) is 0.852. The topological polar surface area (TPSA) is 70.1 Å². The molecule has 1 atom stereocenters. The number of aromatic nitrogens is 2. The first kappa shape index (κ1) is 10.8. The van der Waals surface area contributed by atoms with Crippen molar-refractivity contribution in [3.63, 3.8) is 0 Å². The number of rotatable bonds is 3. The molecule has 17 heavy (non-hydrogen) atoms. The molecule has 5 heteroatoms. The van der Waals surface area contributed by atoms with Crippen LogP contribution >= 0.6 is 0 Å². The second-order valence-corrected chi connectivity index (χ2v) is 4.95. The lowest BCUT2D eigenvalue weighted by atomic mass is 10.0. The van der Waals surface area contributed by atoms with Gasteiger partial charge < -0.3 is 10.5 Å². The van der Waals surface area contributed by atoms with Crippen LogP contribution < -0.4 is 5.73 Å². The number of primary amides is 1. The molecule has 1 unspecified atom stereocenters. The van der Waals surface area contributed by atoms with Gasteiger partial charge in [-0.15, -0.1) is 0 Å². The normalized spacial score (nSPS) is 26.7. The Labute approximate surface area is 99.9 Å². The SMILES string of the molecule is NC(=O)C1(c2ccn(C3CCCCO3)n2)CC1. The minimum atomic E-state index is -0.486. The van der Waals surface area contributed by atoms with Crippen molar-refractivity contribution in [2.75, 3.05) is 6.61 Å². The number of ether oxygens (including phenoxy) is 1. The molecule has 5 nitrogen and oxygen atoms in total. The maximum absolute atomic E-state index is 11.4. The first-order valence-electron chi connectivity index (χ1n) is 6.19. The van der Waals surface area contributed by atoms with Gasteiger partial charge in [-0.25, -0.2) is 4.68 Å². The maximum atomic E-state index is 11.4. The van der Waals surface area contributed by atoms with Gasteiger partial charge in [0.15, 0.2) is 0 Å². The Hall–Kier alpha value is -1.36. The van der Waals surface area contributed by atoms with Crippen molar-refractivity contribution in [3.05, 3.63) is 18.0 Å². The third-order valence-electron chi connectivity index (χ3n) is 3.77. The zero-order valence-electron chi connectivity index (χ0n) is 9.76. The zero-order chi connectivity index (χ0) is 11.9. The molecule has 2 N–H and O–H groups in total. The van der Waals surface area contributed by atoms with Gasteiger partial charge in [-0.05, 0) is 38.2 Å². The van der Waals surface area contributed by atoms with Crippen LogP contribution in [0.3, 0.4) is 0 Å². The Morgan fingerprint density at radius 3 is 2.94 bits per heavy atom. The van der Waals surface area contributed by atoms with Crippen LogP contribution in [0.1, 0.15) is 44.0 Å². The average Bonchev–Trinajstić information content (AvgIpc) is 3.02. The van der Waals surface area contributed by atoms with Gasteiger partial charge in [0, 0.05) is 12.8 Å². The highest BCUT2D eigenvalue weighted by atomic mass is 16.5. The molecule has 0 aromatic carbocycles. The number of carbonyl (C=O) groups excluding carboxylic acids is 1. The van der Waals surface area contributed by atoms with Gasteiger partial charge in [0.05, 0.1) is 11.1 Å². The van der Waals surface area contributed by atoms with Crippen molar-refractivity contribution in [1.82, 2.24) is 9.78 Å². The molecule has 2 fully saturated rings. The third kappa shape index (κ3) is 1.74. The molecule has 2 aliphatic rings. The van der Waals surface area contributed by atoms with E-state index in [2.05, 4.69) is 5.10 Å². The molecule has 1 aromatic rings. The Balaban J connectivity index is 1.80. The smallest absolute Gasteiger partial charge is 0.229 e. The highest BCUT2D eigenvalue weighted by molar-refractivity contribution is 5.89. The van der Waals surface area contributed by atoms with Crippen molar-refractivity contribution in [3.8, 4) is 0 Å². The molecule has 1 saturated carbocycles. The van der Waals surface area contributed by atoms with Crippen LogP contribution in [-0.2, 0) is 14.9 Å². The number of carbonyl (C=O) groups is 1. The van der Waals surface area contributed by atoms with Crippen LogP contribution in [0.5, 0.6) is 0 Å². The van der Waals surface area contributed by atoms with Gasteiger partial charge in [0.1, 0.15) is 6.23 Å². The van der Waals surface area contributed by atoms with Crippen LogP contribution in [0.25, 0.3) is 0 Å². The molecule has 0 radical (unpaired) electrons. The summed E-state index contributed by atoms with van der Waals surface area (Å²) in [6.07, 6.45) is 6.85. The van der Waals surface area contributed by atoms with Gasteiger partial charge in [-0.3, -0.25) is 4.79 Å². The summed E-state index contributed by atoms with van der Waals surface area (Å²) < 4.78 is 7.49. The van der Waals surface area contributed by atoms with Crippen LogP contribution in [0.2, 0.25) is 0 Å². The van der Waals surface area contributed by atoms with Crippen LogP contribution in [-0.4, -0.2) is 22.3 Å². The van der Waals surface area contributed by atoms with E-state index in [4.69, 9.17) is 10.5 Å². The van der Waals surface area contributed by atoms with Crippen LogP contribution in [0, 0.1) is 0 Å². The summed E-state index contributed by atoms with van der Waals surface area (Å²) in [5.41, 5.74) is 5.75. The molecule has 1 saturated heterocycles. The first-order valence-corrected chi connectivity index (χ1v) is 6.19. The number of nitrogens with zero attached hydrogens (tertiary/aromatic N) is 2. The summed E-state index contributed by atoms with van der Waals surface area (Å²) in [4.78, 5) is 11.4.